The Hall–Kier alpha value is -2.65. The van der Waals surface area contributed by atoms with Crippen molar-refractivity contribution < 1.29 is 24.2 Å². The van der Waals surface area contributed by atoms with Gasteiger partial charge in [-0.3, -0.25) is 19.4 Å². The van der Waals surface area contributed by atoms with Gasteiger partial charge in [0.05, 0.1) is 22.3 Å². The normalized spacial score (nSPS) is 36.9. The SMILES string of the molecule is CC(C)C1=C2[C@H]3CC[C@@H]4[C@@]5(C)CCC(OC(=O)CC(C)(C)C(=O)O)C(C)(C)[C@@H]5CC[C@@]4(C)[C@]3(C)CCC2(c2nnc(-c3ccc(Cl)cn3)s2)CC1=O. The van der Waals surface area contributed by atoms with Crippen molar-refractivity contribution in [1.29, 1.82) is 0 Å². The third-order valence-electron chi connectivity index (χ3n) is 15.6. The standard InChI is InChI=1S/C42H56ClN3O5S/c1-23(2)32-27(47)20-42(35-46-45-34(52-35)26-12-10-24(43)22-44-26)19-18-40(8)25(33(32)42)11-13-29-39(7)16-15-30(51-31(48)21-37(3,4)36(49)50)38(5,6)28(39)14-17-41(29,40)9/h10,12,22-23,25,28-30H,11,13-21H2,1-9H3,(H,49,50)/t25-,28+,29-,30?,39+,40-,41-,42?/m1/s1. The fraction of sp³-hybridized carbons (Fsp3) is 0.714. The molecule has 8 nitrogen and oxygen atoms in total. The van der Waals surface area contributed by atoms with E-state index >= 15 is 0 Å². The maximum atomic E-state index is 14.2. The topological polar surface area (TPSA) is 119 Å². The molecule has 4 saturated carbocycles. The first-order valence-corrected chi connectivity index (χ1v) is 20.6. The van der Waals surface area contributed by atoms with Gasteiger partial charge in [-0.05, 0) is 128 Å². The van der Waals surface area contributed by atoms with Crippen LogP contribution >= 0.6 is 22.9 Å². The minimum atomic E-state index is -1.16. The highest BCUT2D eigenvalue weighted by Gasteiger charge is 2.70. The monoisotopic (exact) mass is 749 g/mol. The van der Waals surface area contributed by atoms with Crippen molar-refractivity contribution in [3.63, 3.8) is 0 Å². The van der Waals surface area contributed by atoms with E-state index in [1.165, 1.54) is 5.57 Å². The van der Waals surface area contributed by atoms with Gasteiger partial charge in [0, 0.05) is 18.0 Å². The number of carbonyl (C=O) groups excluding carboxylic acids is 2. The van der Waals surface area contributed by atoms with Crippen molar-refractivity contribution in [2.24, 2.45) is 50.7 Å². The number of aromatic nitrogens is 3. The Morgan fingerprint density at radius 2 is 1.71 bits per heavy atom. The number of allylic oxidation sites excluding steroid dienone is 2. The molecule has 0 amide bonds. The average Bonchev–Trinajstić information content (AvgIpc) is 3.66. The minimum absolute atomic E-state index is 0.00855. The van der Waals surface area contributed by atoms with Crippen molar-refractivity contribution >= 4 is 40.7 Å². The summed E-state index contributed by atoms with van der Waals surface area (Å²) in [6.07, 6.45) is 9.74. The summed E-state index contributed by atoms with van der Waals surface area (Å²) in [5.74, 6) is 0.169. The van der Waals surface area contributed by atoms with E-state index in [0.717, 1.165) is 72.6 Å². The smallest absolute Gasteiger partial charge is 0.309 e. The van der Waals surface area contributed by atoms with E-state index in [2.05, 4.69) is 58.5 Å². The Morgan fingerprint density at radius 1 is 0.981 bits per heavy atom. The van der Waals surface area contributed by atoms with Crippen LogP contribution in [0.4, 0.5) is 0 Å². The molecular weight excluding hydrogens is 694 g/mol. The van der Waals surface area contributed by atoms with Gasteiger partial charge in [0.25, 0.3) is 0 Å². The molecule has 4 fully saturated rings. The molecule has 5 aliphatic carbocycles. The van der Waals surface area contributed by atoms with Gasteiger partial charge >= 0.3 is 11.9 Å². The van der Waals surface area contributed by atoms with Crippen LogP contribution in [-0.4, -0.2) is 44.1 Å². The van der Waals surface area contributed by atoms with Crippen LogP contribution in [0.25, 0.3) is 10.7 Å². The van der Waals surface area contributed by atoms with Crippen molar-refractivity contribution in [3.8, 4) is 10.7 Å². The van der Waals surface area contributed by atoms with E-state index in [-0.39, 0.29) is 51.8 Å². The second-order valence-corrected chi connectivity index (χ2v) is 20.7. The van der Waals surface area contributed by atoms with E-state index in [1.54, 1.807) is 31.4 Å². The third-order valence-corrected chi connectivity index (χ3v) is 17.0. The van der Waals surface area contributed by atoms with Crippen LogP contribution in [0.3, 0.4) is 0 Å². The fourth-order valence-electron chi connectivity index (χ4n) is 12.7. The number of Topliss-reactive ketones (excluding diaryl/α,β-unsaturated/α-hetero) is 1. The maximum Gasteiger partial charge on any atom is 0.309 e. The van der Waals surface area contributed by atoms with Crippen molar-refractivity contribution in [2.45, 2.75) is 138 Å². The van der Waals surface area contributed by atoms with Gasteiger partial charge in [-0.25, -0.2) is 0 Å². The molecule has 0 saturated heterocycles. The zero-order valence-electron chi connectivity index (χ0n) is 32.4. The zero-order valence-corrected chi connectivity index (χ0v) is 34.0. The molecule has 0 aromatic carbocycles. The first kappa shape index (κ1) is 37.7. The van der Waals surface area contributed by atoms with E-state index in [4.69, 9.17) is 21.4 Å². The summed E-state index contributed by atoms with van der Waals surface area (Å²) in [7, 11) is 0. The summed E-state index contributed by atoms with van der Waals surface area (Å²) in [6, 6.07) is 3.71. The molecule has 52 heavy (non-hydrogen) atoms. The van der Waals surface area contributed by atoms with Gasteiger partial charge in [0.15, 0.2) is 10.8 Å². The number of ether oxygens (including phenoxy) is 1. The lowest BCUT2D eigenvalue weighted by atomic mass is 9.33. The highest BCUT2D eigenvalue weighted by molar-refractivity contribution is 7.14. The number of aliphatic carboxylic acids is 1. The Labute approximate surface area is 318 Å². The van der Waals surface area contributed by atoms with Crippen LogP contribution in [0.1, 0.15) is 132 Å². The van der Waals surface area contributed by atoms with Gasteiger partial charge in [-0.15, -0.1) is 10.2 Å². The van der Waals surface area contributed by atoms with E-state index in [0.29, 0.717) is 23.3 Å². The molecule has 0 radical (unpaired) electrons. The number of ketones is 1. The quantitative estimate of drug-likeness (QED) is 0.278. The molecule has 2 aromatic rings. The number of pyridine rings is 1. The number of esters is 1. The Bertz CT molecular complexity index is 1830. The molecule has 7 rings (SSSR count). The lowest BCUT2D eigenvalue weighted by molar-refractivity contribution is -0.232. The molecule has 0 spiro atoms. The largest absolute Gasteiger partial charge is 0.481 e. The highest BCUT2D eigenvalue weighted by Crippen LogP contribution is 2.77. The molecule has 10 heteroatoms. The Morgan fingerprint density at radius 3 is 2.37 bits per heavy atom. The lowest BCUT2D eigenvalue weighted by Crippen LogP contribution is -2.66. The fourth-order valence-corrected chi connectivity index (χ4v) is 13.9. The number of carboxylic acids is 1. The molecule has 0 aliphatic heterocycles. The maximum absolute atomic E-state index is 14.2. The minimum Gasteiger partial charge on any atom is -0.481 e. The molecule has 8 atom stereocenters. The molecule has 0 bridgehead atoms. The predicted molar refractivity (Wildman–Crippen MR) is 203 cm³/mol. The average molecular weight is 750 g/mol. The second-order valence-electron chi connectivity index (χ2n) is 19.3. The summed E-state index contributed by atoms with van der Waals surface area (Å²) in [5.41, 5.74) is 1.47. The van der Waals surface area contributed by atoms with Crippen LogP contribution in [0.15, 0.2) is 29.5 Å². The Balaban J connectivity index is 1.20. The molecule has 2 unspecified atom stereocenters. The van der Waals surface area contributed by atoms with Crippen molar-refractivity contribution in [2.75, 3.05) is 0 Å². The first-order chi connectivity index (χ1) is 24.2. The van der Waals surface area contributed by atoms with Gasteiger partial charge in [-0.2, -0.15) is 0 Å². The van der Waals surface area contributed by atoms with Crippen LogP contribution in [0, 0.1) is 50.7 Å². The number of rotatable bonds is 7. The zero-order chi connectivity index (χ0) is 37.8. The summed E-state index contributed by atoms with van der Waals surface area (Å²) in [6.45, 7) is 19.7. The number of fused-ring (bicyclic) bond motifs is 7. The number of nitrogens with zero attached hydrogens (tertiary/aromatic N) is 3. The third kappa shape index (κ3) is 5.39. The molecule has 1 N–H and O–H groups in total. The van der Waals surface area contributed by atoms with Crippen LogP contribution in [-0.2, 0) is 24.5 Å². The summed E-state index contributed by atoms with van der Waals surface area (Å²) in [4.78, 5) is 43.5. The van der Waals surface area contributed by atoms with Crippen LogP contribution in [0.5, 0.6) is 0 Å². The van der Waals surface area contributed by atoms with E-state index < -0.39 is 22.8 Å². The number of hydrogen-bond acceptors (Lipinski definition) is 8. The molecule has 5 aliphatic rings. The molecule has 2 heterocycles. The number of carbonyl (C=O) groups is 3. The Kier molecular flexibility index (Phi) is 9.01. The highest BCUT2D eigenvalue weighted by atomic mass is 35.5. The van der Waals surface area contributed by atoms with Gasteiger partial charge < -0.3 is 9.84 Å². The van der Waals surface area contributed by atoms with Gasteiger partial charge in [0.1, 0.15) is 16.8 Å². The van der Waals surface area contributed by atoms with Crippen molar-refractivity contribution in [3.05, 3.63) is 39.5 Å². The van der Waals surface area contributed by atoms with Crippen LogP contribution in [0.2, 0.25) is 5.02 Å². The van der Waals surface area contributed by atoms with Gasteiger partial charge in [-0.1, -0.05) is 71.4 Å². The number of carboxylic acid groups (broad SMARTS) is 1. The summed E-state index contributed by atoms with van der Waals surface area (Å²) >= 11 is 7.72. The lowest BCUT2D eigenvalue weighted by Gasteiger charge is -2.72. The molecule has 282 valence electrons. The molecule has 2 aromatic heterocycles. The van der Waals surface area contributed by atoms with E-state index in [9.17, 15) is 19.5 Å². The van der Waals surface area contributed by atoms with Crippen LogP contribution < -0.4 is 0 Å². The first-order valence-electron chi connectivity index (χ1n) is 19.4. The van der Waals surface area contributed by atoms with Gasteiger partial charge in [0.2, 0.25) is 0 Å². The van der Waals surface area contributed by atoms with Crippen molar-refractivity contribution in [1.82, 2.24) is 15.2 Å². The van der Waals surface area contributed by atoms with E-state index in [1.807, 2.05) is 12.1 Å². The second kappa shape index (κ2) is 12.4. The predicted octanol–water partition coefficient (Wildman–Crippen LogP) is 9.90. The molecular formula is C42H56ClN3O5S. The summed E-state index contributed by atoms with van der Waals surface area (Å²) in [5, 5.41) is 21.4. The summed E-state index contributed by atoms with van der Waals surface area (Å²) < 4.78 is 6.17. The number of halogens is 1. The number of hydrogen-bond donors (Lipinski definition) is 1.